The fourth-order valence-electron chi connectivity index (χ4n) is 2.94. The van der Waals surface area contributed by atoms with Crippen molar-refractivity contribution < 1.29 is 14.2 Å². The quantitative estimate of drug-likeness (QED) is 0.925. The molecule has 116 valence electrons. The second-order valence-electron chi connectivity index (χ2n) is 5.79. The summed E-state index contributed by atoms with van der Waals surface area (Å²) in [5, 5.41) is 3.61. The molecule has 0 radical (unpaired) electrons. The van der Waals surface area contributed by atoms with Crippen molar-refractivity contribution in [2.24, 2.45) is 0 Å². The van der Waals surface area contributed by atoms with Crippen LogP contribution in [0.3, 0.4) is 0 Å². The van der Waals surface area contributed by atoms with E-state index in [1.54, 1.807) is 0 Å². The van der Waals surface area contributed by atoms with Crippen LogP contribution in [0.2, 0.25) is 0 Å². The zero-order chi connectivity index (χ0) is 14.5. The molecular formula is C17H25NO3. The number of fused-ring (bicyclic) bond motifs is 1. The minimum atomic E-state index is 0.158. The Hall–Kier alpha value is -1.26. The maximum absolute atomic E-state index is 5.96. The third kappa shape index (κ3) is 3.69. The molecule has 4 heteroatoms. The Morgan fingerprint density at radius 1 is 1.14 bits per heavy atom. The SMILES string of the molecule is CCCNC1CCOC(c2ccc3c(c2)OCCCO3)C1. The molecule has 4 nitrogen and oxygen atoms in total. The van der Waals surface area contributed by atoms with Crippen LogP contribution >= 0.6 is 0 Å². The summed E-state index contributed by atoms with van der Waals surface area (Å²) in [4.78, 5) is 0. The summed E-state index contributed by atoms with van der Waals surface area (Å²) >= 11 is 0. The predicted molar refractivity (Wildman–Crippen MR) is 82.1 cm³/mol. The number of hydrogen-bond donors (Lipinski definition) is 1. The Kier molecular flexibility index (Phi) is 4.99. The number of hydrogen-bond acceptors (Lipinski definition) is 4. The maximum Gasteiger partial charge on any atom is 0.161 e. The van der Waals surface area contributed by atoms with Crippen LogP contribution in [0, 0.1) is 0 Å². The molecule has 0 amide bonds. The van der Waals surface area contributed by atoms with Gasteiger partial charge >= 0.3 is 0 Å². The molecule has 21 heavy (non-hydrogen) atoms. The third-order valence-electron chi connectivity index (χ3n) is 4.11. The van der Waals surface area contributed by atoms with E-state index in [-0.39, 0.29) is 6.10 Å². The predicted octanol–water partition coefficient (Wildman–Crippen LogP) is 3.07. The normalized spacial score (nSPS) is 25.4. The molecule has 0 aromatic heterocycles. The van der Waals surface area contributed by atoms with Crippen molar-refractivity contribution in [2.45, 2.75) is 44.8 Å². The Morgan fingerprint density at radius 2 is 2.00 bits per heavy atom. The lowest BCUT2D eigenvalue weighted by atomic mass is 9.97. The monoisotopic (exact) mass is 291 g/mol. The van der Waals surface area contributed by atoms with Gasteiger partial charge in [0.15, 0.2) is 11.5 Å². The topological polar surface area (TPSA) is 39.7 Å². The number of rotatable bonds is 4. The van der Waals surface area contributed by atoms with Crippen molar-refractivity contribution in [3.05, 3.63) is 23.8 Å². The van der Waals surface area contributed by atoms with Gasteiger partial charge in [-0.1, -0.05) is 13.0 Å². The molecule has 0 spiro atoms. The molecule has 2 aliphatic heterocycles. The van der Waals surface area contributed by atoms with Gasteiger partial charge in [0, 0.05) is 19.1 Å². The highest BCUT2D eigenvalue weighted by Gasteiger charge is 2.24. The van der Waals surface area contributed by atoms with E-state index in [4.69, 9.17) is 14.2 Å². The average Bonchev–Trinajstić information content (AvgIpc) is 2.77. The first-order chi connectivity index (χ1) is 10.4. The highest BCUT2D eigenvalue weighted by Crippen LogP contribution is 2.36. The minimum absolute atomic E-state index is 0.158. The van der Waals surface area contributed by atoms with E-state index >= 15 is 0 Å². The van der Waals surface area contributed by atoms with Gasteiger partial charge < -0.3 is 19.5 Å². The third-order valence-corrected chi connectivity index (χ3v) is 4.11. The first kappa shape index (κ1) is 14.7. The Labute approximate surface area is 126 Å². The van der Waals surface area contributed by atoms with E-state index in [9.17, 15) is 0 Å². The van der Waals surface area contributed by atoms with Gasteiger partial charge in [-0.25, -0.2) is 0 Å². The molecule has 1 fully saturated rings. The molecule has 0 aliphatic carbocycles. The first-order valence-electron chi connectivity index (χ1n) is 8.11. The van der Waals surface area contributed by atoms with Crippen molar-refractivity contribution in [1.82, 2.24) is 5.32 Å². The van der Waals surface area contributed by atoms with Gasteiger partial charge in [0.05, 0.1) is 19.3 Å². The van der Waals surface area contributed by atoms with Gasteiger partial charge in [0.1, 0.15) is 0 Å². The van der Waals surface area contributed by atoms with E-state index in [1.165, 1.54) is 12.0 Å². The van der Waals surface area contributed by atoms with E-state index < -0.39 is 0 Å². The van der Waals surface area contributed by atoms with Crippen molar-refractivity contribution in [2.75, 3.05) is 26.4 Å². The molecule has 1 aromatic rings. The number of benzene rings is 1. The maximum atomic E-state index is 5.96. The van der Waals surface area contributed by atoms with Crippen LogP contribution in [0.25, 0.3) is 0 Å². The summed E-state index contributed by atoms with van der Waals surface area (Å²) in [6.07, 6.45) is 4.39. The van der Waals surface area contributed by atoms with Crippen LogP contribution < -0.4 is 14.8 Å². The number of ether oxygens (including phenoxy) is 3. The molecule has 2 unspecified atom stereocenters. The van der Waals surface area contributed by atoms with Gasteiger partial charge in [0.25, 0.3) is 0 Å². The van der Waals surface area contributed by atoms with Gasteiger partial charge in [-0.05, 0) is 43.5 Å². The molecule has 0 bridgehead atoms. The molecule has 2 atom stereocenters. The summed E-state index contributed by atoms with van der Waals surface area (Å²) in [7, 11) is 0. The molecule has 0 saturated carbocycles. The largest absolute Gasteiger partial charge is 0.490 e. The molecule has 2 heterocycles. The van der Waals surface area contributed by atoms with Crippen LogP contribution in [0.15, 0.2) is 18.2 Å². The van der Waals surface area contributed by atoms with Crippen LogP contribution in [0.5, 0.6) is 11.5 Å². The van der Waals surface area contributed by atoms with Crippen LogP contribution in [-0.4, -0.2) is 32.4 Å². The average molecular weight is 291 g/mol. The second kappa shape index (κ2) is 7.14. The van der Waals surface area contributed by atoms with E-state index in [1.807, 2.05) is 6.07 Å². The summed E-state index contributed by atoms with van der Waals surface area (Å²) in [6.45, 7) is 5.56. The summed E-state index contributed by atoms with van der Waals surface area (Å²) in [5.41, 5.74) is 1.20. The van der Waals surface area contributed by atoms with Crippen LogP contribution in [0.4, 0.5) is 0 Å². The van der Waals surface area contributed by atoms with Crippen molar-refractivity contribution >= 4 is 0 Å². The molecule has 1 aromatic carbocycles. The van der Waals surface area contributed by atoms with Crippen molar-refractivity contribution in [3.8, 4) is 11.5 Å². The fourth-order valence-corrected chi connectivity index (χ4v) is 2.94. The highest BCUT2D eigenvalue weighted by atomic mass is 16.5. The van der Waals surface area contributed by atoms with Gasteiger partial charge in [-0.15, -0.1) is 0 Å². The molecule has 1 saturated heterocycles. The molecular weight excluding hydrogens is 266 g/mol. The van der Waals surface area contributed by atoms with Crippen molar-refractivity contribution in [1.29, 1.82) is 0 Å². The smallest absolute Gasteiger partial charge is 0.161 e. The summed E-state index contributed by atoms with van der Waals surface area (Å²) < 4.78 is 17.4. The van der Waals surface area contributed by atoms with Gasteiger partial charge in [-0.2, -0.15) is 0 Å². The van der Waals surface area contributed by atoms with Gasteiger partial charge in [0.2, 0.25) is 0 Å². The lowest BCUT2D eigenvalue weighted by Crippen LogP contribution is -2.36. The van der Waals surface area contributed by atoms with E-state index in [0.717, 1.165) is 57.1 Å². The molecule has 1 N–H and O–H groups in total. The van der Waals surface area contributed by atoms with E-state index in [2.05, 4.69) is 24.4 Å². The Morgan fingerprint density at radius 3 is 2.86 bits per heavy atom. The summed E-state index contributed by atoms with van der Waals surface area (Å²) in [5.74, 6) is 1.71. The zero-order valence-electron chi connectivity index (χ0n) is 12.8. The minimum Gasteiger partial charge on any atom is -0.490 e. The highest BCUT2D eigenvalue weighted by molar-refractivity contribution is 5.44. The molecule has 3 rings (SSSR count). The standard InChI is InChI=1S/C17H25NO3/c1-2-7-18-14-6-10-21-16(12-14)13-4-5-15-17(11-13)20-9-3-8-19-15/h4-5,11,14,16,18H,2-3,6-10,12H2,1H3. The van der Waals surface area contributed by atoms with Crippen molar-refractivity contribution in [3.63, 3.8) is 0 Å². The van der Waals surface area contributed by atoms with Crippen LogP contribution in [-0.2, 0) is 4.74 Å². The van der Waals surface area contributed by atoms with Gasteiger partial charge in [-0.3, -0.25) is 0 Å². The van der Waals surface area contributed by atoms with Crippen LogP contribution in [0.1, 0.15) is 44.3 Å². The lowest BCUT2D eigenvalue weighted by molar-refractivity contribution is 0.000222. The fraction of sp³-hybridized carbons (Fsp3) is 0.647. The summed E-state index contributed by atoms with van der Waals surface area (Å²) in [6, 6.07) is 6.77. The zero-order valence-corrected chi connectivity index (χ0v) is 12.8. The first-order valence-corrected chi connectivity index (χ1v) is 8.11. The lowest BCUT2D eigenvalue weighted by Gasteiger charge is -2.30. The Balaban J connectivity index is 1.69. The second-order valence-corrected chi connectivity index (χ2v) is 5.79. The number of nitrogens with one attached hydrogen (secondary N) is 1. The van der Waals surface area contributed by atoms with E-state index in [0.29, 0.717) is 6.04 Å². The Bertz CT molecular complexity index is 463. The molecule has 2 aliphatic rings.